The summed E-state index contributed by atoms with van der Waals surface area (Å²) < 4.78 is 0. The molecule has 0 amide bonds. The van der Waals surface area contributed by atoms with Crippen molar-refractivity contribution >= 4 is 11.5 Å². The van der Waals surface area contributed by atoms with Crippen molar-refractivity contribution in [3.63, 3.8) is 0 Å². The summed E-state index contributed by atoms with van der Waals surface area (Å²) in [6.07, 6.45) is 1.60. The van der Waals surface area contributed by atoms with E-state index in [0.717, 1.165) is 30.8 Å². The van der Waals surface area contributed by atoms with E-state index in [4.69, 9.17) is 5.11 Å². The molecule has 3 nitrogen and oxygen atoms in total. The fourth-order valence-electron chi connectivity index (χ4n) is 2.28. The van der Waals surface area contributed by atoms with Gasteiger partial charge < -0.3 is 10.0 Å². The van der Waals surface area contributed by atoms with Crippen LogP contribution < -0.4 is 4.90 Å². The Bertz CT molecular complexity index is 386. The SMILES string of the molecule is CCC(=O)c1ccc(N2CCC(CO)C2)cc1. The number of Topliss-reactive ketones (excluding diaryl/α,β-unsaturated/α-hetero) is 1. The summed E-state index contributed by atoms with van der Waals surface area (Å²) in [4.78, 5) is 13.8. The molecule has 0 spiro atoms. The Hall–Kier alpha value is -1.35. The predicted octanol–water partition coefficient (Wildman–Crippen LogP) is 2.10. The molecule has 1 aromatic carbocycles. The number of benzene rings is 1. The Morgan fingerprint density at radius 3 is 2.65 bits per heavy atom. The van der Waals surface area contributed by atoms with Crippen molar-refractivity contribution in [2.45, 2.75) is 19.8 Å². The van der Waals surface area contributed by atoms with Gasteiger partial charge in [-0.25, -0.2) is 0 Å². The molecule has 2 rings (SSSR count). The summed E-state index contributed by atoms with van der Waals surface area (Å²) in [6, 6.07) is 7.80. The molecule has 1 aliphatic rings. The highest BCUT2D eigenvalue weighted by molar-refractivity contribution is 5.96. The molecule has 1 unspecified atom stereocenters. The second-order valence-corrected chi connectivity index (χ2v) is 4.61. The monoisotopic (exact) mass is 233 g/mol. The van der Waals surface area contributed by atoms with Crippen LogP contribution in [0.1, 0.15) is 30.1 Å². The molecule has 0 radical (unpaired) electrons. The number of aliphatic hydroxyl groups is 1. The van der Waals surface area contributed by atoms with Crippen LogP contribution in [0.25, 0.3) is 0 Å². The van der Waals surface area contributed by atoms with Crippen molar-refractivity contribution in [1.29, 1.82) is 0 Å². The average Bonchev–Trinajstić information content (AvgIpc) is 2.87. The van der Waals surface area contributed by atoms with Gasteiger partial charge in [0.1, 0.15) is 0 Å². The lowest BCUT2D eigenvalue weighted by atomic mass is 10.1. The molecule has 1 N–H and O–H groups in total. The van der Waals surface area contributed by atoms with Gasteiger partial charge in [-0.15, -0.1) is 0 Å². The van der Waals surface area contributed by atoms with Gasteiger partial charge in [-0.1, -0.05) is 6.92 Å². The van der Waals surface area contributed by atoms with Gasteiger partial charge in [-0.2, -0.15) is 0 Å². The van der Waals surface area contributed by atoms with Gasteiger partial charge in [0.15, 0.2) is 5.78 Å². The van der Waals surface area contributed by atoms with Crippen LogP contribution in [0.2, 0.25) is 0 Å². The quantitative estimate of drug-likeness (QED) is 0.810. The maximum atomic E-state index is 11.5. The lowest BCUT2D eigenvalue weighted by Gasteiger charge is -2.18. The number of hydrogen-bond acceptors (Lipinski definition) is 3. The van der Waals surface area contributed by atoms with Crippen molar-refractivity contribution in [3.05, 3.63) is 29.8 Å². The van der Waals surface area contributed by atoms with Gasteiger partial charge in [0.05, 0.1) is 0 Å². The second-order valence-electron chi connectivity index (χ2n) is 4.61. The number of rotatable bonds is 4. The molecule has 92 valence electrons. The summed E-state index contributed by atoms with van der Waals surface area (Å²) in [6.45, 7) is 4.05. The Balaban J connectivity index is 2.06. The molecule has 1 aliphatic heterocycles. The number of carbonyl (C=O) groups excluding carboxylic acids is 1. The van der Waals surface area contributed by atoms with Crippen LogP contribution in [0.4, 0.5) is 5.69 Å². The molecule has 1 aromatic rings. The third kappa shape index (κ3) is 2.67. The third-order valence-electron chi connectivity index (χ3n) is 3.42. The van der Waals surface area contributed by atoms with Crippen LogP contribution in [0.15, 0.2) is 24.3 Å². The minimum Gasteiger partial charge on any atom is -0.396 e. The molecule has 0 aliphatic carbocycles. The van der Waals surface area contributed by atoms with Crippen LogP contribution in [0, 0.1) is 5.92 Å². The van der Waals surface area contributed by atoms with E-state index >= 15 is 0 Å². The van der Waals surface area contributed by atoms with Crippen molar-refractivity contribution in [3.8, 4) is 0 Å². The summed E-state index contributed by atoms with van der Waals surface area (Å²) >= 11 is 0. The number of anilines is 1. The standard InChI is InChI=1S/C14H19NO2/c1-2-14(17)12-3-5-13(6-4-12)15-8-7-11(9-15)10-16/h3-6,11,16H,2,7-10H2,1H3. The molecular weight excluding hydrogens is 214 g/mol. The number of carbonyl (C=O) groups is 1. The molecule has 1 fully saturated rings. The van der Waals surface area contributed by atoms with E-state index in [1.54, 1.807) is 0 Å². The normalized spacial score (nSPS) is 19.6. The molecular formula is C14H19NO2. The smallest absolute Gasteiger partial charge is 0.162 e. The van der Waals surface area contributed by atoms with Crippen LogP contribution in [0.3, 0.4) is 0 Å². The van der Waals surface area contributed by atoms with Gasteiger partial charge in [0, 0.05) is 43.3 Å². The second kappa shape index (κ2) is 5.32. The van der Waals surface area contributed by atoms with E-state index in [1.807, 2.05) is 31.2 Å². The Morgan fingerprint density at radius 1 is 1.41 bits per heavy atom. The molecule has 3 heteroatoms. The lowest BCUT2D eigenvalue weighted by Crippen LogP contribution is -2.20. The topological polar surface area (TPSA) is 40.5 Å². The maximum absolute atomic E-state index is 11.5. The first kappa shape index (κ1) is 12.1. The van der Waals surface area contributed by atoms with Gasteiger partial charge in [-0.05, 0) is 30.7 Å². The highest BCUT2D eigenvalue weighted by Gasteiger charge is 2.21. The summed E-state index contributed by atoms with van der Waals surface area (Å²) in [5.41, 5.74) is 1.93. The van der Waals surface area contributed by atoms with Crippen LogP contribution >= 0.6 is 0 Å². The summed E-state index contributed by atoms with van der Waals surface area (Å²) in [5, 5.41) is 9.11. The van der Waals surface area contributed by atoms with Crippen LogP contribution in [-0.2, 0) is 0 Å². The Morgan fingerprint density at radius 2 is 2.12 bits per heavy atom. The van der Waals surface area contributed by atoms with E-state index in [0.29, 0.717) is 12.3 Å². The fourth-order valence-corrected chi connectivity index (χ4v) is 2.28. The molecule has 0 saturated carbocycles. The molecule has 17 heavy (non-hydrogen) atoms. The predicted molar refractivity (Wildman–Crippen MR) is 68.5 cm³/mol. The zero-order valence-electron chi connectivity index (χ0n) is 10.2. The minimum atomic E-state index is 0.186. The van der Waals surface area contributed by atoms with Crippen LogP contribution in [0.5, 0.6) is 0 Å². The van der Waals surface area contributed by atoms with E-state index in [2.05, 4.69) is 4.90 Å². The van der Waals surface area contributed by atoms with Crippen molar-refractivity contribution < 1.29 is 9.90 Å². The molecule has 0 bridgehead atoms. The molecule has 1 atom stereocenters. The minimum absolute atomic E-state index is 0.186. The number of aliphatic hydroxyl groups excluding tert-OH is 1. The van der Waals surface area contributed by atoms with Gasteiger partial charge in [-0.3, -0.25) is 4.79 Å². The average molecular weight is 233 g/mol. The molecule has 1 heterocycles. The fraction of sp³-hybridized carbons (Fsp3) is 0.500. The Labute approximate surface area is 102 Å². The lowest BCUT2D eigenvalue weighted by molar-refractivity contribution is 0.0988. The molecule has 1 saturated heterocycles. The van der Waals surface area contributed by atoms with E-state index in [-0.39, 0.29) is 12.4 Å². The first-order valence-corrected chi connectivity index (χ1v) is 6.23. The zero-order chi connectivity index (χ0) is 12.3. The van der Waals surface area contributed by atoms with Gasteiger partial charge >= 0.3 is 0 Å². The highest BCUT2D eigenvalue weighted by Crippen LogP contribution is 2.24. The first-order valence-electron chi connectivity index (χ1n) is 6.23. The zero-order valence-corrected chi connectivity index (χ0v) is 10.2. The van der Waals surface area contributed by atoms with E-state index in [1.165, 1.54) is 0 Å². The van der Waals surface area contributed by atoms with Gasteiger partial charge in [0.25, 0.3) is 0 Å². The van der Waals surface area contributed by atoms with Crippen molar-refractivity contribution in [2.24, 2.45) is 5.92 Å². The van der Waals surface area contributed by atoms with Crippen LogP contribution in [-0.4, -0.2) is 30.6 Å². The van der Waals surface area contributed by atoms with Crippen molar-refractivity contribution in [2.75, 3.05) is 24.6 Å². The summed E-state index contributed by atoms with van der Waals surface area (Å²) in [7, 11) is 0. The third-order valence-corrected chi connectivity index (χ3v) is 3.42. The van der Waals surface area contributed by atoms with E-state index < -0.39 is 0 Å². The maximum Gasteiger partial charge on any atom is 0.162 e. The first-order chi connectivity index (χ1) is 8.24. The van der Waals surface area contributed by atoms with Gasteiger partial charge in [0.2, 0.25) is 0 Å². The number of ketones is 1. The highest BCUT2D eigenvalue weighted by atomic mass is 16.3. The van der Waals surface area contributed by atoms with Crippen molar-refractivity contribution in [1.82, 2.24) is 0 Å². The number of nitrogens with zero attached hydrogens (tertiary/aromatic N) is 1. The Kier molecular flexibility index (Phi) is 3.79. The molecule has 0 aromatic heterocycles. The number of hydrogen-bond donors (Lipinski definition) is 1. The summed E-state index contributed by atoms with van der Waals surface area (Å²) in [5.74, 6) is 0.582. The largest absolute Gasteiger partial charge is 0.396 e. The van der Waals surface area contributed by atoms with E-state index in [9.17, 15) is 4.79 Å².